The van der Waals surface area contributed by atoms with E-state index in [1.165, 1.54) is 30.3 Å². The number of aromatic nitrogens is 1. The van der Waals surface area contributed by atoms with Crippen molar-refractivity contribution in [2.24, 2.45) is 16.5 Å². The number of ketones is 1. The first-order valence-electron chi connectivity index (χ1n) is 10.2. The largest absolute Gasteiger partial charge is 0.454 e. The highest BCUT2D eigenvalue weighted by molar-refractivity contribution is 6.27. The zero-order chi connectivity index (χ0) is 24.4. The number of anilines is 1. The number of aryl methyl sites for hydroxylation is 1. The third-order valence-corrected chi connectivity index (χ3v) is 5.14. The second-order valence-electron chi connectivity index (χ2n) is 7.53. The van der Waals surface area contributed by atoms with Crippen LogP contribution in [0.25, 0.3) is 10.9 Å². The van der Waals surface area contributed by atoms with Crippen LogP contribution < -0.4 is 21.9 Å². The van der Waals surface area contributed by atoms with E-state index in [-0.39, 0.29) is 28.5 Å². The number of H-pyrrole nitrogens is 1. The Morgan fingerprint density at radius 2 is 1.82 bits per heavy atom. The molecule has 0 amide bonds. The summed E-state index contributed by atoms with van der Waals surface area (Å²) in [6.45, 7) is 1.77. The van der Waals surface area contributed by atoms with Gasteiger partial charge in [-0.3, -0.25) is 4.79 Å². The molecule has 0 saturated carbocycles. The van der Waals surface area contributed by atoms with Gasteiger partial charge in [0, 0.05) is 17.1 Å². The summed E-state index contributed by atoms with van der Waals surface area (Å²) in [5.41, 5.74) is 19.1. The fourth-order valence-corrected chi connectivity index (χ4v) is 3.38. The van der Waals surface area contributed by atoms with Crippen LogP contribution in [0, 0.1) is 18.6 Å². The predicted octanol–water partition coefficient (Wildman–Crippen LogP) is 4.84. The van der Waals surface area contributed by atoms with Crippen molar-refractivity contribution in [3.8, 4) is 11.5 Å². The summed E-state index contributed by atoms with van der Waals surface area (Å²) in [5, 5.41) is 0.475. The van der Waals surface area contributed by atoms with Crippen LogP contribution in [0.2, 0.25) is 0 Å². The lowest BCUT2D eigenvalue weighted by molar-refractivity contribution is 0.103. The van der Waals surface area contributed by atoms with E-state index in [4.69, 9.17) is 21.9 Å². The van der Waals surface area contributed by atoms with Crippen molar-refractivity contribution in [2.75, 3.05) is 5.73 Å². The Kier molecular flexibility index (Phi) is 6.01. The van der Waals surface area contributed by atoms with Gasteiger partial charge in [-0.2, -0.15) is 0 Å². The molecule has 0 radical (unpaired) electrons. The number of nitrogens with one attached hydrogen (secondary N) is 1. The number of Topliss-reactive ketones (excluding diaryl/α,β-unsaturated/α-hetero) is 1. The predicted molar refractivity (Wildman–Crippen MR) is 128 cm³/mol. The molecule has 3 aromatic carbocycles. The molecule has 7 N–H and O–H groups in total. The van der Waals surface area contributed by atoms with Gasteiger partial charge in [0.15, 0.2) is 11.6 Å². The number of fused-ring (bicyclic) bond motifs is 1. The molecular weight excluding hydrogens is 440 g/mol. The minimum absolute atomic E-state index is 0.0360. The van der Waals surface area contributed by atoms with E-state index in [1.54, 1.807) is 37.3 Å². The third-order valence-electron chi connectivity index (χ3n) is 5.14. The van der Waals surface area contributed by atoms with E-state index >= 15 is 0 Å². The molecule has 1 aromatic heterocycles. The second kappa shape index (κ2) is 9.07. The zero-order valence-electron chi connectivity index (χ0n) is 18.1. The van der Waals surface area contributed by atoms with Gasteiger partial charge in [-0.25, -0.2) is 13.8 Å². The Labute approximate surface area is 193 Å². The smallest absolute Gasteiger partial charge is 0.214 e. The van der Waals surface area contributed by atoms with Crippen LogP contribution in [0.5, 0.6) is 11.5 Å². The topological polar surface area (TPSA) is 133 Å². The summed E-state index contributed by atoms with van der Waals surface area (Å²) in [5.74, 6) is -1.19. The summed E-state index contributed by atoms with van der Waals surface area (Å²) in [6.07, 6.45) is 1.06. The number of carbonyl (C=O) groups is 1. The first kappa shape index (κ1) is 22.5. The molecule has 0 unspecified atom stereocenters. The standard InChI is InChI=1S/C25H21F2N5O2/c1-13-8-15(34-23-5-3-2-4-17(23)26)6-7-20(13)32-25(30)16(12-28)24(33)22-10-14-9-18(27)19(29)11-21(14)31-22/h2-12,31H,28-29H2,1H3,(H2,30,32). The lowest BCUT2D eigenvalue weighted by Gasteiger charge is -2.10. The van der Waals surface area contributed by atoms with Crippen molar-refractivity contribution in [2.45, 2.75) is 6.92 Å². The lowest BCUT2D eigenvalue weighted by Crippen LogP contribution is -2.22. The SMILES string of the molecule is Cc1cc(Oc2ccccc2F)ccc1N=C(N)C(=CN)C(=O)c1cc2cc(F)c(N)cc2[nH]1. The molecule has 0 atom stereocenters. The van der Waals surface area contributed by atoms with Gasteiger partial charge in [0.1, 0.15) is 17.4 Å². The number of hydrogen-bond donors (Lipinski definition) is 4. The monoisotopic (exact) mass is 461 g/mol. The van der Waals surface area contributed by atoms with Gasteiger partial charge >= 0.3 is 0 Å². The van der Waals surface area contributed by atoms with Crippen LogP contribution in [0.4, 0.5) is 20.2 Å². The number of nitrogens with two attached hydrogens (primary N) is 3. The van der Waals surface area contributed by atoms with Crippen molar-refractivity contribution in [1.29, 1.82) is 0 Å². The van der Waals surface area contributed by atoms with E-state index < -0.39 is 17.4 Å². The highest BCUT2D eigenvalue weighted by Gasteiger charge is 2.19. The fraction of sp³-hybridized carbons (Fsp3) is 0.0400. The molecule has 0 spiro atoms. The number of benzene rings is 3. The summed E-state index contributed by atoms with van der Waals surface area (Å²) in [4.78, 5) is 20.2. The molecule has 0 aliphatic rings. The van der Waals surface area contributed by atoms with Crippen molar-refractivity contribution < 1.29 is 18.3 Å². The molecule has 34 heavy (non-hydrogen) atoms. The highest BCUT2D eigenvalue weighted by Crippen LogP contribution is 2.29. The molecule has 7 nitrogen and oxygen atoms in total. The van der Waals surface area contributed by atoms with Gasteiger partial charge < -0.3 is 26.9 Å². The van der Waals surface area contributed by atoms with Crippen molar-refractivity contribution in [3.63, 3.8) is 0 Å². The van der Waals surface area contributed by atoms with Crippen LogP contribution in [0.15, 0.2) is 77.4 Å². The third kappa shape index (κ3) is 4.44. The first-order chi connectivity index (χ1) is 16.3. The molecule has 172 valence electrons. The van der Waals surface area contributed by atoms with E-state index in [1.807, 2.05) is 0 Å². The molecule has 0 bridgehead atoms. The van der Waals surface area contributed by atoms with Crippen molar-refractivity contribution >= 4 is 33.9 Å². The Bertz CT molecular complexity index is 1430. The Morgan fingerprint density at radius 1 is 1.06 bits per heavy atom. The molecule has 0 saturated heterocycles. The maximum atomic E-state index is 13.8. The minimum atomic E-state index is -0.584. The molecule has 4 rings (SSSR count). The zero-order valence-corrected chi connectivity index (χ0v) is 18.1. The number of rotatable bonds is 6. The van der Waals surface area contributed by atoms with Gasteiger partial charge in [0.05, 0.1) is 22.6 Å². The number of amidine groups is 1. The Balaban J connectivity index is 1.59. The molecule has 0 fully saturated rings. The summed E-state index contributed by atoms with van der Waals surface area (Å²) >= 11 is 0. The van der Waals surface area contributed by atoms with E-state index in [9.17, 15) is 13.6 Å². The number of carbonyl (C=O) groups excluding carboxylic acids is 1. The number of aromatic amines is 1. The summed E-state index contributed by atoms with van der Waals surface area (Å²) < 4.78 is 33.2. The van der Waals surface area contributed by atoms with Crippen LogP contribution >= 0.6 is 0 Å². The Hall–Kier alpha value is -4.66. The van der Waals surface area contributed by atoms with Gasteiger partial charge in [0.2, 0.25) is 5.78 Å². The molecule has 9 heteroatoms. The minimum Gasteiger partial charge on any atom is -0.454 e. The summed E-state index contributed by atoms with van der Waals surface area (Å²) in [6, 6.07) is 15.1. The van der Waals surface area contributed by atoms with Gasteiger partial charge in [-0.05, 0) is 61.0 Å². The maximum absolute atomic E-state index is 13.8. The van der Waals surface area contributed by atoms with Crippen molar-refractivity contribution in [1.82, 2.24) is 4.98 Å². The second-order valence-corrected chi connectivity index (χ2v) is 7.53. The van der Waals surface area contributed by atoms with Gasteiger partial charge in [-0.15, -0.1) is 0 Å². The number of hydrogen-bond acceptors (Lipinski definition) is 5. The molecule has 0 aliphatic carbocycles. The maximum Gasteiger partial charge on any atom is 0.214 e. The number of nitrogens with zero attached hydrogens (tertiary/aromatic N) is 1. The average molecular weight is 461 g/mol. The number of aliphatic imine (C=N–C) groups is 1. The van der Waals surface area contributed by atoms with E-state index in [0.29, 0.717) is 27.9 Å². The summed E-state index contributed by atoms with van der Waals surface area (Å²) in [7, 11) is 0. The van der Waals surface area contributed by atoms with Gasteiger partial charge in [-0.1, -0.05) is 12.1 Å². The molecule has 0 aliphatic heterocycles. The normalized spacial score (nSPS) is 12.2. The van der Waals surface area contributed by atoms with E-state index in [0.717, 1.165) is 6.20 Å². The van der Waals surface area contributed by atoms with Crippen LogP contribution in [0.3, 0.4) is 0 Å². The van der Waals surface area contributed by atoms with Crippen molar-refractivity contribution in [3.05, 3.63) is 95.3 Å². The van der Waals surface area contributed by atoms with Crippen LogP contribution in [-0.2, 0) is 0 Å². The average Bonchev–Trinajstić information content (AvgIpc) is 3.20. The number of ether oxygens (including phenoxy) is 1. The van der Waals surface area contributed by atoms with Crippen LogP contribution in [-0.4, -0.2) is 16.6 Å². The van der Waals surface area contributed by atoms with Gasteiger partial charge in [0.25, 0.3) is 0 Å². The molecule has 1 heterocycles. The Morgan fingerprint density at radius 3 is 2.53 bits per heavy atom. The lowest BCUT2D eigenvalue weighted by atomic mass is 10.1. The molecular formula is C25H21F2N5O2. The highest BCUT2D eigenvalue weighted by atomic mass is 19.1. The quantitative estimate of drug-likeness (QED) is 0.107. The number of para-hydroxylation sites is 1. The molecule has 4 aromatic rings. The first-order valence-corrected chi connectivity index (χ1v) is 10.2. The fourth-order valence-electron chi connectivity index (χ4n) is 3.38. The van der Waals surface area contributed by atoms with E-state index in [2.05, 4.69) is 9.98 Å². The number of halogens is 2. The van der Waals surface area contributed by atoms with Crippen LogP contribution in [0.1, 0.15) is 16.1 Å². The number of nitrogen functional groups attached to an aromatic ring is 1.